The van der Waals surface area contributed by atoms with E-state index >= 15 is 0 Å². The Labute approximate surface area is 192 Å². The average molecular weight is 449 g/mol. The van der Waals surface area contributed by atoms with E-state index in [1.54, 1.807) is 0 Å². The number of nitrogens with one attached hydrogen (secondary N) is 2. The zero-order valence-corrected chi connectivity index (χ0v) is 18.5. The van der Waals surface area contributed by atoms with Crippen LogP contribution in [0.25, 0.3) is 11.1 Å². The molecule has 2 aliphatic carbocycles. The molecule has 4 rings (SSSR count). The minimum atomic E-state index is -0.995. The number of carboxylic acids is 1. The van der Waals surface area contributed by atoms with Crippen molar-refractivity contribution in [2.24, 2.45) is 5.92 Å². The molecule has 7 heteroatoms. The fourth-order valence-corrected chi connectivity index (χ4v) is 4.57. The smallest absolute Gasteiger partial charge is 0.407 e. The molecule has 2 amide bonds. The van der Waals surface area contributed by atoms with Gasteiger partial charge in [-0.25, -0.2) is 9.59 Å². The van der Waals surface area contributed by atoms with Crippen molar-refractivity contribution < 1.29 is 24.2 Å². The number of amides is 2. The van der Waals surface area contributed by atoms with E-state index in [0.29, 0.717) is 6.42 Å². The van der Waals surface area contributed by atoms with Crippen molar-refractivity contribution >= 4 is 18.0 Å². The maximum Gasteiger partial charge on any atom is 0.407 e. The second kappa shape index (κ2) is 9.90. The minimum Gasteiger partial charge on any atom is -0.478 e. The first kappa shape index (κ1) is 22.6. The lowest BCUT2D eigenvalue weighted by Gasteiger charge is -2.35. The number of fused-ring (bicyclic) bond motifs is 3. The lowest BCUT2D eigenvalue weighted by atomic mass is 9.78. The number of hydrogen-bond acceptors (Lipinski definition) is 4. The standard InChI is InChI=1S/C26H28N2O5/c1-16(25(30)31)10-11-27-24(29)14-17-12-18(13-17)28-26(32)33-15-23-21-8-4-2-6-19(21)20-7-3-5-9-22(20)23/h2-10,17-18,23H,11-15H2,1H3,(H,27,29)(H,28,32)(H,30,31)/b16-10+. The summed E-state index contributed by atoms with van der Waals surface area (Å²) in [5.41, 5.74) is 4.93. The first-order valence-electron chi connectivity index (χ1n) is 11.2. The van der Waals surface area contributed by atoms with Crippen LogP contribution in [0.5, 0.6) is 0 Å². The number of alkyl carbamates (subject to hydrolysis) is 1. The van der Waals surface area contributed by atoms with Crippen molar-refractivity contribution in [3.63, 3.8) is 0 Å². The van der Waals surface area contributed by atoms with Crippen LogP contribution in [0.4, 0.5) is 4.79 Å². The van der Waals surface area contributed by atoms with Gasteiger partial charge in [0.05, 0.1) is 0 Å². The Balaban J connectivity index is 1.19. The van der Waals surface area contributed by atoms with Gasteiger partial charge in [-0.2, -0.15) is 0 Å². The van der Waals surface area contributed by atoms with Crippen LogP contribution >= 0.6 is 0 Å². The van der Waals surface area contributed by atoms with Crippen LogP contribution in [0.15, 0.2) is 60.2 Å². The largest absolute Gasteiger partial charge is 0.478 e. The van der Waals surface area contributed by atoms with Crippen LogP contribution in [0, 0.1) is 5.92 Å². The van der Waals surface area contributed by atoms with E-state index in [9.17, 15) is 14.4 Å². The number of rotatable bonds is 8. The molecule has 0 spiro atoms. The fourth-order valence-electron chi connectivity index (χ4n) is 4.57. The number of carbonyl (C=O) groups excluding carboxylic acids is 2. The highest BCUT2D eigenvalue weighted by molar-refractivity contribution is 5.86. The molecular weight excluding hydrogens is 420 g/mol. The highest BCUT2D eigenvalue weighted by Gasteiger charge is 2.33. The summed E-state index contributed by atoms with van der Waals surface area (Å²) < 4.78 is 5.57. The lowest BCUT2D eigenvalue weighted by Crippen LogP contribution is -2.46. The molecule has 172 valence electrons. The Morgan fingerprint density at radius 3 is 2.24 bits per heavy atom. The number of ether oxygens (including phenoxy) is 1. The van der Waals surface area contributed by atoms with Crippen LogP contribution in [0.1, 0.15) is 43.2 Å². The molecule has 7 nitrogen and oxygen atoms in total. The van der Waals surface area contributed by atoms with Crippen LogP contribution < -0.4 is 10.6 Å². The molecule has 0 bridgehead atoms. The predicted molar refractivity (Wildman–Crippen MR) is 124 cm³/mol. The molecule has 1 fully saturated rings. The molecule has 0 aromatic heterocycles. The van der Waals surface area contributed by atoms with Crippen molar-refractivity contribution in [2.75, 3.05) is 13.2 Å². The summed E-state index contributed by atoms with van der Waals surface area (Å²) in [4.78, 5) is 35.1. The van der Waals surface area contributed by atoms with E-state index < -0.39 is 12.1 Å². The van der Waals surface area contributed by atoms with Gasteiger partial charge in [-0.3, -0.25) is 4.79 Å². The zero-order chi connectivity index (χ0) is 23.4. The summed E-state index contributed by atoms with van der Waals surface area (Å²) in [6, 6.07) is 16.4. The van der Waals surface area contributed by atoms with Crippen molar-refractivity contribution in [2.45, 2.75) is 38.1 Å². The van der Waals surface area contributed by atoms with Gasteiger partial charge in [0.1, 0.15) is 6.61 Å². The fraction of sp³-hybridized carbons (Fsp3) is 0.346. The number of aliphatic carboxylic acids is 1. The highest BCUT2D eigenvalue weighted by atomic mass is 16.5. The number of benzene rings is 2. The molecule has 0 heterocycles. The number of carboxylic acid groups (broad SMARTS) is 1. The monoisotopic (exact) mass is 448 g/mol. The first-order chi connectivity index (χ1) is 15.9. The maximum absolute atomic E-state index is 12.3. The second-order valence-electron chi connectivity index (χ2n) is 8.70. The molecule has 2 aromatic rings. The summed E-state index contributed by atoms with van der Waals surface area (Å²) in [6.07, 6.45) is 2.85. The zero-order valence-electron chi connectivity index (χ0n) is 18.5. The summed E-state index contributed by atoms with van der Waals surface area (Å²) in [7, 11) is 0. The summed E-state index contributed by atoms with van der Waals surface area (Å²) >= 11 is 0. The molecule has 0 aliphatic heterocycles. The van der Waals surface area contributed by atoms with E-state index in [2.05, 4.69) is 34.9 Å². The average Bonchev–Trinajstić information content (AvgIpc) is 3.10. The third-order valence-electron chi connectivity index (χ3n) is 6.42. The van der Waals surface area contributed by atoms with Crippen LogP contribution in [-0.4, -0.2) is 42.3 Å². The van der Waals surface area contributed by atoms with Gasteiger partial charge in [0.2, 0.25) is 5.91 Å². The van der Waals surface area contributed by atoms with Gasteiger partial charge in [-0.15, -0.1) is 0 Å². The normalized spacial score (nSPS) is 19.1. The van der Waals surface area contributed by atoms with Crippen molar-refractivity contribution in [1.82, 2.24) is 10.6 Å². The van der Waals surface area contributed by atoms with Gasteiger partial charge in [-0.05, 0) is 47.9 Å². The van der Waals surface area contributed by atoms with Crippen molar-refractivity contribution in [3.8, 4) is 11.1 Å². The van der Waals surface area contributed by atoms with Gasteiger partial charge in [0.15, 0.2) is 0 Å². The summed E-state index contributed by atoms with van der Waals surface area (Å²) in [5, 5.41) is 14.4. The Morgan fingerprint density at radius 2 is 1.64 bits per heavy atom. The van der Waals surface area contributed by atoms with Crippen molar-refractivity contribution in [1.29, 1.82) is 0 Å². The third-order valence-corrected chi connectivity index (χ3v) is 6.42. The van der Waals surface area contributed by atoms with Gasteiger partial charge >= 0.3 is 12.1 Å². The molecule has 2 aromatic carbocycles. The van der Waals surface area contributed by atoms with Crippen molar-refractivity contribution in [3.05, 3.63) is 71.3 Å². The predicted octanol–water partition coefficient (Wildman–Crippen LogP) is 3.84. The SMILES string of the molecule is C/C(=C\CNC(=O)CC1CC(NC(=O)OCC2c3ccccc3-c3ccccc32)C1)C(=O)O. The van der Waals surface area contributed by atoms with Crippen LogP contribution in [0.3, 0.4) is 0 Å². The lowest BCUT2D eigenvalue weighted by molar-refractivity contribution is -0.132. The first-order valence-corrected chi connectivity index (χ1v) is 11.2. The molecule has 1 saturated carbocycles. The molecule has 0 unspecified atom stereocenters. The van der Waals surface area contributed by atoms with E-state index in [4.69, 9.17) is 9.84 Å². The summed E-state index contributed by atoms with van der Waals surface area (Å²) in [6.45, 7) is 1.97. The molecule has 33 heavy (non-hydrogen) atoms. The third kappa shape index (κ3) is 5.25. The quantitative estimate of drug-likeness (QED) is 0.532. The Morgan fingerprint density at radius 1 is 1.03 bits per heavy atom. The van der Waals surface area contributed by atoms with E-state index in [1.165, 1.54) is 35.3 Å². The van der Waals surface area contributed by atoms with Gasteiger partial charge in [0, 0.05) is 30.5 Å². The molecule has 3 N–H and O–H groups in total. The van der Waals surface area contributed by atoms with Gasteiger partial charge < -0.3 is 20.5 Å². The molecule has 0 saturated heterocycles. The minimum absolute atomic E-state index is 0.00704. The Bertz CT molecular complexity index is 1040. The molecule has 0 radical (unpaired) electrons. The van der Waals surface area contributed by atoms with E-state index in [0.717, 1.165) is 12.8 Å². The van der Waals surface area contributed by atoms with Gasteiger partial charge in [0.25, 0.3) is 0 Å². The van der Waals surface area contributed by atoms with E-state index in [1.807, 2.05) is 24.3 Å². The summed E-state index contributed by atoms with van der Waals surface area (Å²) in [5.74, 6) is -0.882. The topological polar surface area (TPSA) is 105 Å². The molecule has 2 aliphatic rings. The van der Waals surface area contributed by atoms with Crippen LogP contribution in [0.2, 0.25) is 0 Å². The highest BCUT2D eigenvalue weighted by Crippen LogP contribution is 2.44. The second-order valence-corrected chi connectivity index (χ2v) is 8.70. The van der Waals surface area contributed by atoms with E-state index in [-0.39, 0.29) is 42.5 Å². The van der Waals surface area contributed by atoms with Gasteiger partial charge in [-0.1, -0.05) is 54.6 Å². The molecular formula is C26H28N2O5. The Kier molecular flexibility index (Phi) is 6.77. The maximum atomic E-state index is 12.3. The molecule has 0 atom stereocenters. The number of hydrogen-bond donors (Lipinski definition) is 3. The Hall–Kier alpha value is -3.61. The number of carbonyl (C=O) groups is 3. The van der Waals surface area contributed by atoms with Crippen LogP contribution in [-0.2, 0) is 14.3 Å².